The van der Waals surface area contributed by atoms with E-state index in [2.05, 4.69) is 5.32 Å². The Morgan fingerprint density at radius 1 is 1.03 bits per heavy atom. The van der Waals surface area contributed by atoms with Crippen LogP contribution in [0.5, 0.6) is 0 Å². The Hall–Kier alpha value is -4.30. The second-order valence-corrected chi connectivity index (χ2v) is 8.05. The predicted molar refractivity (Wildman–Crippen MR) is 135 cm³/mol. The zero-order valence-electron chi connectivity index (χ0n) is 19.5. The maximum Gasteiger partial charge on any atom is 0.337 e. The fourth-order valence-electron chi connectivity index (χ4n) is 4.13. The summed E-state index contributed by atoms with van der Waals surface area (Å²) in [4.78, 5) is 43.5. The summed E-state index contributed by atoms with van der Waals surface area (Å²) >= 11 is 0. The van der Waals surface area contributed by atoms with Crippen LogP contribution in [0.25, 0.3) is 0 Å². The van der Waals surface area contributed by atoms with Crippen molar-refractivity contribution in [1.29, 1.82) is 0 Å². The molecule has 3 aromatic rings. The van der Waals surface area contributed by atoms with Crippen molar-refractivity contribution in [2.75, 3.05) is 30.4 Å². The molecule has 8 heteroatoms. The van der Waals surface area contributed by atoms with Crippen LogP contribution in [0, 0.1) is 0 Å². The molecule has 0 fully saturated rings. The number of nitrogens with zero attached hydrogens (tertiary/aromatic N) is 2. The van der Waals surface area contributed by atoms with Crippen LogP contribution in [-0.2, 0) is 14.3 Å². The van der Waals surface area contributed by atoms with E-state index in [1.807, 2.05) is 42.5 Å². The molecule has 1 atom stereocenters. The van der Waals surface area contributed by atoms with Gasteiger partial charge in [0.25, 0.3) is 0 Å². The minimum atomic E-state index is -0.662. The first kappa shape index (κ1) is 23.8. The van der Waals surface area contributed by atoms with Crippen molar-refractivity contribution < 1.29 is 19.1 Å². The minimum Gasteiger partial charge on any atom is -0.465 e. The standard InChI is InChI=1S/C27H26N4O4/c1-17(32)31(15-14-28)21-11-9-20(10-12-21)29-25(18-6-4-3-5-7-18)24-22-13-8-19(27(34)35-2)16-23(22)30-26(24)33/h3-13,16,24H,14-15,28H2,1-2H3,(H,30,33). The zero-order chi connectivity index (χ0) is 24.9. The van der Waals surface area contributed by atoms with Crippen LogP contribution in [0.4, 0.5) is 17.1 Å². The molecule has 1 aliphatic rings. The topological polar surface area (TPSA) is 114 Å². The first-order chi connectivity index (χ1) is 16.9. The number of nitrogens with two attached hydrogens (primary N) is 1. The highest BCUT2D eigenvalue weighted by atomic mass is 16.5. The minimum absolute atomic E-state index is 0.0952. The number of hydrogen-bond donors (Lipinski definition) is 2. The van der Waals surface area contributed by atoms with E-state index in [1.54, 1.807) is 35.2 Å². The number of esters is 1. The Morgan fingerprint density at radius 3 is 2.37 bits per heavy atom. The highest BCUT2D eigenvalue weighted by Crippen LogP contribution is 2.37. The third-order valence-corrected chi connectivity index (χ3v) is 5.79. The highest BCUT2D eigenvalue weighted by molar-refractivity contribution is 6.24. The molecule has 3 aromatic carbocycles. The summed E-state index contributed by atoms with van der Waals surface area (Å²) in [6.45, 7) is 2.27. The molecule has 1 aliphatic heterocycles. The lowest BCUT2D eigenvalue weighted by atomic mass is 9.90. The largest absolute Gasteiger partial charge is 0.465 e. The van der Waals surface area contributed by atoms with Gasteiger partial charge in [0, 0.05) is 31.4 Å². The SMILES string of the molecule is COC(=O)c1ccc2c(c1)NC(=O)C2C(=Nc1ccc(N(CCN)C(C)=O)cc1)c1ccccc1. The Morgan fingerprint density at radius 2 is 1.74 bits per heavy atom. The van der Waals surface area contributed by atoms with Gasteiger partial charge in [-0.25, -0.2) is 4.79 Å². The highest BCUT2D eigenvalue weighted by Gasteiger charge is 2.36. The van der Waals surface area contributed by atoms with E-state index in [0.29, 0.717) is 35.7 Å². The molecule has 0 aliphatic carbocycles. The molecule has 0 spiro atoms. The summed E-state index contributed by atoms with van der Waals surface area (Å²) in [5, 5.41) is 2.87. The molecule has 2 amide bonds. The summed E-state index contributed by atoms with van der Waals surface area (Å²) < 4.78 is 4.80. The van der Waals surface area contributed by atoms with Crippen LogP contribution in [0.3, 0.4) is 0 Å². The molecular formula is C27H26N4O4. The third-order valence-electron chi connectivity index (χ3n) is 5.79. The molecule has 0 radical (unpaired) electrons. The van der Waals surface area contributed by atoms with E-state index in [0.717, 1.165) is 16.8 Å². The second kappa shape index (κ2) is 10.3. The van der Waals surface area contributed by atoms with Crippen molar-refractivity contribution >= 4 is 40.6 Å². The molecule has 0 bridgehead atoms. The average molecular weight is 471 g/mol. The number of aliphatic imine (C=N–C) groups is 1. The molecular weight excluding hydrogens is 444 g/mol. The summed E-state index contributed by atoms with van der Waals surface area (Å²) in [6.07, 6.45) is 0. The molecule has 0 aromatic heterocycles. The van der Waals surface area contributed by atoms with Crippen LogP contribution >= 0.6 is 0 Å². The number of carbonyl (C=O) groups is 3. The van der Waals surface area contributed by atoms with Gasteiger partial charge >= 0.3 is 5.97 Å². The smallest absolute Gasteiger partial charge is 0.337 e. The second-order valence-electron chi connectivity index (χ2n) is 8.05. The quantitative estimate of drug-likeness (QED) is 0.404. The maximum absolute atomic E-state index is 13.1. The Labute approximate surface area is 203 Å². The number of anilines is 2. The van der Waals surface area contributed by atoms with Crippen LogP contribution in [-0.4, -0.2) is 43.7 Å². The summed E-state index contributed by atoms with van der Waals surface area (Å²) in [6, 6.07) is 21.7. The Kier molecular flexibility index (Phi) is 7.03. The first-order valence-electron chi connectivity index (χ1n) is 11.2. The third kappa shape index (κ3) is 4.97. The van der Waals surface area contributed by atoms with Gasteiger partial charge in [-0.2, -0.15) is 0 Å². The van der Waals surface area contributed by atoms with Crippen molar-refractivity contribution in [2.24, 2.45) is 10.7 Å². The van der Waals surface area contributed by atoms with Gasteiger partial charge in [0.1, 0.15) is 5.92 Å². The van der Waals surface area contributed by atoms with Crippen molar-refractivity contribution in [1.82, 2.24) is 0 Å². The van der Waals surface area contributed by atoms with Gasteiger partial charge in [0.05, 0.1) is 24.1 Å². The molecule has 0 saturated heterocycles. The molecule has 178 valence electrons. The molecule has 1 heterocycles. The summed E-state index contributed by atoms with van der Waals surface area (Å²) in [5.41, 5.74) is 10.0. The molecule has 8 nitrogen and oxygen atoms in total. The molecule has 1 unspecified atom stereocenters. The number of fused-ring (bicyclic) bond motifs is 1. The van der Waals surface area contributed by atoms with Crippen molar-refractivity contribution in [3.8, 4) is 0 Å². The van der Waals surface area contributed by atoms with Crippen LogP contribution in [0.1, 0.15) is 34.3 Å². The summed E-state index contributed by atoms with van der Waals surface area (Å²) in [5.74, 6) is -1.46. The van der Waals surface area contributed by atoms with Gasteiger partial charge in [-0.3, -0.25) is 14.6 Å². The Balaban J connectivity index is 1.76. The summed E-state index contributed by atoms with van der Waals surface area (Å²) in [7, 11) is 1.31. The fraction of sp³-hybridized carbons (Fsp3) is 0.185. The van der Waals surface area contributed by atoms with E-state index in [4.69, 9.17) is 15.5 Å². The molecule has 0 saturated carbocycles. The van der Waals surface area contributed by atoms with Gasteiger partial charge in [0.2, 0.25) is 11.8 Å². The maximum atomic E-state index is 13.1. The number of methoxy groups -OCH3 is 1. The van der Waals surface area contributed by atoms with Gasteiger partial charge < -0.3 is 20.7 Å². The van der Waals surface area contributed by atoms with Crippen LogP contribution in [0.15, 0.2) is 77.8 Å². The monoisotopic (exact) mass is 470 g/mol. The number of rotatable bonds is 7. The van der Waals surface area contributed by atoms with Crippen molar-refractivity contribution in [3.63, 3.8) is 0 Å². The van der Waals surface area contributed by atoms with Crippen molar-refractivity contribution in [3.05, 3.63) is 89.5 Å². The number of nitrogens with one attached hydrogen (secondary N) is 1. The normalized spacial score (nSPS) is 14.8. The molecule has 4 rings (SSSR count). The van der Waals surface area contributed by atoms with Gasteiger partial charge in [-0.15, -0.1) is 0 Å². The van der Waals surface area contributed by atoms with Gasteiger partial charge in [-0.1, -0.05) is 36.4 Å². The Bertz CT molecular complexity index is 1290. The average Bonchev–Trinajstić information content (AvgIpc) is 3.20. The van der Waals surface area contributed by atoms with E-state index < -0.39 is 11.9 Å². The zero-order valence-corrected chi connectivity index (χ0v) is 19.5. The lowest BCUT2D eigenvalue weighted by molar-refractivity contribution is -0.117. The number of benzene rings is 3. The number of carbonyl (C=O) groups excluding carboxylic acids is 3. The van der Waals surface area contributed by atoms with Gasteiger partial charge in [-0.05, 0) is 47.5 Å². The first-order valence-corrected chi connectivity index (χ1v) is 11.2. The number of hydrogen-bond acceptors (Lipinski definition) is 6. The lowest BCUT2D eigenvalue weighted by Gasteiger charge is -2.20. The number of ether oxygens (including phenoxy) is 1. The van der Waals surface area contributed by atoms with Crippen molar-refractivity contribution in [2.45, 2.75) is 12.8 Å². The molecule has 35 heavy (non-hydrogen) atoms. The predicted octanol–water partition coefficient (Wildman–Crippen LogP) is 3.64. The lowest BCUT2D eigenvalue weighted by Crippen LogP contribution is -2.33. The van der Waals surface area contributed by atoms with E-state index in [1.165, 1.54) is 14.0 Å². The van der Waals surface area contributed by atoms with Crippen LogP contribution in [0.2, 0.25) is 0 Å². The van der Waals surface area contributed by atoms with Crippen LogP contribution < -0.4 is 16.0 Å². The van der Waals surface area contributed by atoms with E-state index in [-0.39, 0.29) is 11.8 Å². The molecule has 3 N–H and O–H groups in total. The number of amides is 2. The van der Waals surface area contributed by atoms with Gasteiger partial charge in [0.15, 0.2) is 0 Å². The van der Waals surface area contributed by atoms with E-state index in [9.17, 15) is 14.4 Å². The fourth-order valence-corrected chi connectivity index (χ4v) is 4.13. The van der Waals surface area contributed by atoms with E-state index >= 15 is 0 Å².